The van der Waals surface area contributed by atoms with Crippen LogP contribution in [0.4, 0.5) is 13.2 Å². The molecule has 0 spiro atoms. The standard InChI is InChI=1S/C15H16F3N3OS/c1-9-8-21(13(23-9)20-12(22)14(2,3)4)10-5-6-11(19-7-10)15(16,17)18/h5-8H,1-4H3. The Morgan fingerprint density at radius 1 is 1.26 bits per heavy atom. The summed E-state index contributed by atoms with van der Waals surface area (Å²) in [7, 11) is 0. The highest BCUT2D eigenvalue weighted by Crippen LogP contribution is 2.27. The van der Waals surface area contributed by atoms with E-state index in [0.29, 0.717) is 10.5 Å². The van der Waals surface area contributed by atoms with E-state index < -0.39 is 17.3 Å². The molecule has 0 saturated carbocycles. The Bertz CT molecular complexity index is 780. The number of halogens is 3. The highest BCUT2D eigenvalue weighted by molar-refractivity contribution is 7.09. The Labute approximate surface area is 135 Å². The quantitative estimate of drug-likeness (QED) is 0.792. The molecule has 0 fully saturated rings. The molecule has 0 radical (unpaired) electrons. The fourth-order valence-corrected chi connectivity index (χ4v) is 2.50. The number of carbonyl (C=O) groups excluding carboxylic acids is 1. The molecule has 0 aliphatic heterocycles. The van der Waals surface area contributed by atoms with Crippen molar-refractivity contribution in [2.45, 2.75) is 33.9 Å². The highest BCUT2D eigenvalue weighted by Gasteiger charge is 2.32. The normalized spacial score (nSPS) is 13.4. The van der Waals surface area contributed by atoms with Gasteiger partial charge in [0.2, 0.25) is 0 Å². The molecule has 2 heterocycles. The summed E-state index contributed by atoms with van der Waals surface area (Å²) in [5.74, 6) is -0.298. The molecule has 0 atom stereocenters. The van der Waals surface area contributed by atoms with Gasteiger partial charge in [0, 0.05) is 16.5 Å². The van der Waals surface area contributed by atoms with E-state index in [9.17, 15) is 18.0 Å². The Morgan fingerprint density at radius 3 is 2.39 bits per heavy atom. The van der Waals surface area contributed by atoms with Gasteiger partial charge >= 0.3 is 6.18 Å². The van der Waals surface area contributed by atoms with E-state index in [0.717, 1.165) is 17.1 Å². The van der Waals surface area contributed by atoms with Crippen LogP contribution >= 0.6 is 11.3 Å². The second kappa shape index (κ2) is 5.92. The zero-order valence-corrected chi connectivity index (χ0v) is 13.9. The molecule has 0 N–H and O–H groups in total. The number of hydrogen-bond acceptors (Lipinski definition) is 3. The monoisotopic (exact) mass is 343 g/mol. The van der Waals surface area contributed by atoms with E-state index in [-0.39, 0.29) is 5.91 Å². The fourth-order valence-electron chi connectivity index (χ4n) is 1.67. The number of aryl methyl sites for hydroxylation is 1. The van der Waals surface area contributed by atoms with E-state index in [4.69, 9.17) is 0 Å². The van der Waals surface area contributed by atoms with Crippen molar-refractivity contribution >= 4 is 17.2 Å². The predicted molar refractivity (Wildman–Crippen MR) is 81.2 cm³/mol. The summed E-state index contributed by atoms with van der Waals surface area (Å²) in [6, 6.07) is 2.22. The topological polar surface area (TPSA) is 47.2 Å². The number of amides is 1. The molecule has 2 rings (SSSR count). The first kappa shape index (κ1) is 17.4. The molecule has 0 aliphatic carbocycles. The lowest BCUT2D eigenvalue weighted by Gasteiger charge is -2.12. The Hall–Kier alpha value is -1.96. The summed E-state index contributed by atoms with van der Waals surface area (Å²) in [6.45, 7) is 7.09. The second-order valence-electron chi connectivity index (χ2n) is 6.06. The van der Waals surface area contributed by atoms with Gasteiger partial charge in [-0.25, -0.2) is 4.98 Å². The number of pyridine rings is 1. The summed E-state index contributed by atoms with van der Waals surface area (Å²) in [5, 5.41) is 0. The predicted octanol–water partition coefficient (Wildman–Crippen LogP) is 3.73. The van der Waals surface area contributed by atoms with Crippen molar-refractivity contribution in [3.63, 3.8) is 0 Å². The van der Waals surface area contributed by atoms with Crippen molar-refractivity contribution in [1.82, 2.24) is 9.55 Å². The number of carbonyl (C=O) groups is 1. The van der Waals surface area contributed by atoms with E-state index >= 15 is 0 Å². The Kier molecular flexibility index (Phi) is 4.48. The van der Waals surface area contributed by atoms with Crippen LogP contribution in [-0.4, -0.2) is 15.5 Å². The summed E-state index contributed by atoms with van der Waals surface area (Å²) < 4.78 is 39.3. The molecular weight excluding hydrogens is 327 g/mol. The van der Waals surface area contributed by atoms with Crippen molar-refractivity contribution in [2.75, 3.05) is 0 Å². The van der Waals surface area contributed by atoms with Crippen molar-refractivity contribution in [2.24, 2.45) is 10.4 Å². The molecule has 2 aromatic heterocycles. The summed E-state index contributed by atoms with van der Waals surface area (Å²) in [6.07, 6.45) is -1.65. The van der Waals surface area contributed by atoms with Crippen LogP contribution in [0.25, 0.3) is 5.69 Å². The van der Waals surface area contributed by atoms with E-state index in [1.54, 1.807) is 31.5 Å². The molecule has 0 saturated heterocycles. The van der Waals surface area contributed by atoms with Crippen molar-refractivity contribution in [3.8, 4) is 5.69 Å². The molecule has 124 valence electrons. The van der Waals surface area contributed by atoms with Crippen LogP contribution < -0.4 is 4.80 Å². The number of rotatable bonds is 1. The van der Waals surface area contributed by atoms with Gasteiger partial charge in [0.25, 0.3) is 5.91 Å². The average molecular weight is 343 g/mol. The highest BCUT2D eigenvalue weighted by atomic mass is 32.1. The summed E-state index contributed by atoms with van der Waals surface area (Å²) >= 11 is 1.29. The lowest BCUT2D eigenvalue weighted by Crippen LogP contribution is -2.23. The molecule has 0 aliphatic rings. The number of hydrogen-bond donors (Lipinski definition) is 0. The molecule has 8 heteroatoms. The first-order valence-electron chi connectivity index (χ1n) is 6.80. The molecular formula is C15H16F3N3OS. The molecule has 0 bridgehead atoms. The lowest BCUT2D eigenvalue weighted by molar-refractivity contribution is -0.141. The van der Waals surface area contributed by atoms with Crippen molar-refractivity contribution < 1.29 is 18.0 Å². The molecule has 0 unspecified atom stereocenters. The minimum Gasteiger partial charge on any atom is -0.291 e. The largest absolute Gasteiger partial charge is 0.433 e. The van der Waals surface area contributed by atoms with E-state index in [2.05, 4.69) is 9.98 Å². The van der Waals surface area contributed by atoms with Gasteiger partial charge in [-0.05, 0) is 19.1 Å². The molecule has 2 aromatic rings. The Balaban J connectivity index is 2.49. The number of nitrogens with zero attached hydrogens (tertiary/aromatic N) is 3. The molecule has 0 aromatic carbocycles. The van der Waals surface area contributed by atoms with Crippen LogP contribution in [0.5, 0.6) is 0 Å². The van der Waals surface area contributed by atoms with Gasteiger partial charge < -0.3 is 0 Å². The van der Waals surface area contributed by atoms with E-state index in [1.165, 1.54) is 17.4 Å². The third kappa shape index (κ3) is 4.07. The van der Waals surface area contributed by atoms with Gasteiger partial charge in [-0.3, -0.25) is 9.36 Å². The van der Waals surface area contributed by atoms with Crippen LogP contribution in [0.2, 0.25) is 0 Å². The lowest BCUT2D eigenvalue weighted by atomic mass is 9.96. The average Bonchev–Trinajstić information content (AvgIpc) is 2.77. The third-order valence-corrected chi connectivity index (χ3v) is 3.82. The van der Waals surface area contributed by atoms with Crippen molar-refractivity contribution in [1.29, 1.82) is 0 Å². The van der Waals surface area contributed by atoms with Crippen LogP contribution in [0.3, 0.4) is 0 Å². The fraction of sp³-hybridized carbons (Fsp3) is 0.400. The van der Waals surface area contributed by atoms with Gasteiger partial charge in [-0.1, -0.05) is 20.8 Å². The molecule has 4 nitrogen and oxygen atoms in total. The van der Waals surface area contributed by atoms with Crippen LogP contribution in [0.15, 0.2) is 29.5 Å². The zero-order valence-electron chi connectivity index (χ0n) is 13.1. The summed E-state index contributed by atoms with van der Waals surface area (Å²) in [5.41, 5.74) is -1.17. The van der Waals surface area contributed by atoms with Gasteiger partial charge in [0.05, 0.1) is 11.9 Å². The maximum absolute atomic E-state index is 12.6. The minimum absolute atomic E-state index is 0.298. The Morgan fingerprint density at radius 2 is 1.91 bits per heavy atom. The smallest absolute Gasteiger partial charge is 0.291 e. The SMILES string of the molecule is Cc1cn(-c2ccc(C(F)(F)F)nc2)c(=NC(=O)C(C)(C)C)s1. The molecule has 23 heavy (non-hydrogen) atoms. The molecule has 1 amide bonds. The maximum atomic E-state index is 12.6. The summed E-state index contributed by atoms with van der Waals surface area (Å²) in [4.78, 5) is 20.9. The minimum atomic E-state index is -4.48. The third-order valence-electron chi connectivity index (χ3n) is 2.92. The number of thiazole rings is 1. The maximum Gasteiger partial charge on any atom is 0.433 e. The number of alkyl halides is 3. The van der Waals surface area contributed by atoms with Crippen LogP contribution in [0.1, 0.15) is 31.3 Å². The van der Waals surface area contributed by atoms with Gasteiger partial charge in [0.15, 0.2) is 4.80 Å². The number of aromatic nitrogens is 2. The van der Waals surface area contributed by atoms with Crippen LogP contribution in [0, 0.1) is 12.3 Å². The first-order chi connectivity index (χ1) is 10.5. The zero-order chi connectivity index (χ0) is 17.4. The first-order valence-corrected chi connectivity index (χ1v) is 7.62. The van der Waals surface area contributed by atoms with Gasteiger partial charge in [-0.15, -0.1) is 11.3 Å². The van der Waals surface area contributed by atoms with Gasteiger partial charge in [0.1, 0.15) is 5.69 Å². The van der Waals surface area contributed by atoms with E-state index in [1.807, 2.05) is 6.92 Å². The van der Waals surface area contributed by atoms with Crippen molar-refractivity contribution in [3.05, 3.63) is 39.9 Å². The van der Waals surface area contributed by atoms with Gasteiger partial charge in [-0.2, -0.15) is 18.2 Å². The second-order valence-corrected chi connectivity index (χ2v) is 7.27. The van der Waals surface area contributed by atoms with Crippen LogP contribution in [-0.2, 0) is 11.0 Å².